The molecule has 2 N–H and O–H groups in total. The number of carbonyl (C=O) groups is 2. The molecule has 1 aromatic rings. The summed E-state index contributed by atoms with van der Waals surface area (Å²) >= 11 is 6.50. The molecule has 2 rings (SSSR count). The molecule has 0 aliphatic carbocycles. The molecule has 0 aromatic heterocycles. The van der Waals surface area contributed by atoms with E-state index in [-0.39, 0.29) is 31.0 Å². The number of methoxy groups -OCH3 is 1. The Morgan fingerprint density at radius 3 is 2.60 bits per heavy atom. The molecule has 0 bridgehead atoms. The highest BCUT2D eigenvalue weighted by Gasteiger charge is 2.39. The quantitative estimate of drug-likeness (QED) is 0.130. The van der Waals surface area contributed by atoms with Gasteiger partial charge in [-0.2, -0.15) is 5.26 Å². The Balaban J connectivity index is 2.42. The van der Waals surface area contributed by atoms with Crippen LogP contribution in [0.4, 0.5) is 0 Å². The number of hydrogen-bond donors (Lipinski definition) is 2. The maximum atomic E-state index is 13.2. The Kier molecular flexibility index (Phi) is 10.6. The summed E-state index contributed by atoms with van der Waals surface area (Å²) in [7, 11) is 4.62. The van der Waals surface area contributed by atoms with E-state index in [0.29, 0.717) is 34.5 Å². The van der Waals surface area contributed by atoms with Gasteiger partial charge in [0.2, 0.25) is 5.96 Å². The Labute approximate surface area is 210 Å². The highest BCUT2D eigenvalue weighted by Crippen LogP contribution is 2.41. The first-order chi connectivity index (χ1) is 16.8. The highest BCUT2D eigenvalue weighted by molar-refractivity contribution is 6.31. The van der Waals surface area contributed by atoms with E-state index < -0.39 is 17.9 Å². The van der Waals surface area contributed by atoms with Gasteiger partial charge in [0.15, 0.2) is 6.19 Å². The summed E-state index contributed by atoms with van der Waals surface area (Å²) in [5.41, 5.74) is 2.03. The van der Waals surface area contributed by atoms with Crippen LogP contribution in [0.2, 0.25) is 5.02 Å². The number of aliphatic imine (C=N–C) groups is 1. The van der Waals surface area contributed by atoms with Crippen molar-refractivity contribution in [3.8, 4) is 6.19 Å². The number of nitrogens with zero attached hydrogens (tertiary/aromatic N) is 3. The number of esters is 2. The lowest BCUT2D eigenvalue weighted by molar-refractivity contribution is -0.139. The van der Waals surface area contributed by atoms with E-state index in [9.17, 15) is 9.59 Å². The molecule has 35 heavy (non-hydrogen) atoms. The zero-order valence-electron chi connectivity index (χ0n) is 20.5. The Morgan fingerprint density at radius 2 is 2.00 bits per heavy atom. The van der Waals surface area contributed by atoms with Gasteiger partial charge in [0, 0.05) is 31.4 Å². The van der Waals surface area contributed by atoms with Gasteiger partial charge in [-0.3, -0.25) is 10.3 Å². The molecule has 1 heterocycles. The third-order valence-corrected chi connectivity index (χ3v) is 5.66. The molecule has 0 fully saturated rings. The summed E-state index contributed by atoms with van der Waals surface area (Å²) in [6.07, 6.45) is 1.83. The number of guanidine groups is 1. The fourth-order valence-electron chi connectivity index (χ4n) is 3.71. The van der Waals surface area contributed by atoms with E-state index >= 15 is 0 Å². The summed E-state index contributed by atoms with van der Waals surface area (Å²) in [6.45, 7) is 4.32. The summed E-state index contributed by atoms with van der Waals surface area (Å²) < 4.78 is 16.2. The van der Waals surface area contributed by atoms with Gasteiger partial charge >= 0.3 is 11.9 Å². The minimum atomic E-state index is -0.809. The van der Waals surface area contributed by atoms with Crippen molar-refractivity contribution in [2.24, 2.45) is 4.99 Å². The maximum Gasteiger partial charge on any atom is 0.336 e. The van der Waals surface area contributed by atoms with Gasteiger partial charge in [-0.15, -0.1) is 0 Å². The monoisotopic (exact) mass is 503 g/mol. The van der Waals surface area contributed by atoms with E-state index in [1.165, 1.54) is 7.11 Å². The normalized spacial score (nSPS) is 15.8. The molecule has 1 aliphatic rings. The van der Waals surface area contributed by atoms with Crippen molar-refractivity contribution >= 4 is 29.5 Å². The van der Waals surface area contributed by atoms with Crippen LogP contribution in [0, 0.1) is 11.5 Å². The number of hydrogen-bond acceptors (Lipinski definition) is 8. The molecule has 188 valence electrons. The number of likely N-dealkylation sites (N-methyl/N-ethyl adjacent to an activating group) is 1. The van der Waals surface area contributed by atoms with E-state index in [2.05, 4.69) is 15.6 Å². The van der Waals surface area contributed by atoms with Gasteiger partial charge in [-0.1, -0.05) is 29.8 Å². The lowest BCUT2D eigenvalue weighted by atomic mass is 9.80. The van der Waals surface area contributed by atoms with Crippen LogP contribution in [0.3, 0.4) is 0 Å². The van der Waals surface area contributed by atoms with E-state index in [0.717, 1.165) is 0 Å². The third-order valence-electron chi connectivity index (χ3n) is 5.32. The lowest BCUT2D eigenvalue weighted by Crippen LogP contribution is -2.38. The molecular formula is C24H30ClN5O5. The molecule has 0 radical (unpaired) electrons. The van der Waals surface area contributed by atoms with Gasteiger partial charge in [-0.05, 0) is 25.5 Å². The maximum absolute atomic E-state index is 13.2. The average molecular weight is 504 g/mol. The molecule has 11 heteroatoms. The Hall–Kier alpha value is -3.55. The van der Waals surface area contributed by atoms with Gasteiger partial charge in [0.05, 0.1) is 49.7 Å². The number of ether oxygens (including phenoxy) is 3. The first kappa shape index (κ1) is 27.7. The van der Waals surface area contributed by atoms with Crippen LogP contribution in [-0.2, 0) is 23.8 Å². The zero-order valence-corrected chi connectivity index (χ0v) is 21.2. The van der Waals surface area contributed by atoms with E-state index in [1.54, 1.807) is 57.1 Å². The third kappa shape index (κ3) is 6.74. The summed E-state index contributed by atoms with van der Waals surface area (Å²) in [4.78, 5) is 31.7. The number of allylic oxidation sites excluding steroid dienone is 1. The summed E-state index contributed by atoms with van der Waals surface area (Å²) in [5, 5.41) is 14.8. The van der Waals surface area contributed by atoms with Gasteiger partial charge in [-0.25, -0.2) is 9.59 Å². The van der Waals surface area contributed by atoms with Gasteiger partial charge in [0.25, 0.3) is 0 Å². The predicted octanol–water partition coefficient (Wildman–Crippen LogP) is 2.30. The van der Waals surface area contributed by atoms with Crippen molar-refractivity contribution in [2.45, 2.75) is 19.8 Å². The number of dihydropyridines is 1. The molecule has 0 amide bonds. The first-order valence-corrected chi connectivity index (χ1v) is 11.3. The molecule has 1 aromatic carbocycles. The van der Waals surface area contributed by atoms with Crippen molar-refractivity contribution in [2.75, 3.05) is 47.6 Å². The predicted molar refractivity (Wildman–Crippen MR) is 131 cm³/mol. The van der Waals surface area contributed by atoms with Crippen molar-refractivity contribution < 1.29 is 23.8 Å². The molecular weight excluding hydrogens is 474 g/mol. The standard InChI is InChI=1S/C24H30ClN5O5/c1-6-35-23(32)21-18(13-34-12-11-30(4)24(27-3)28-14-26)29-15(2)19(22(31)33-5)20(21)16-9-7-8-10-17(16)25/h7-10,20,29H,6,11-13H2,1-5H3,(H,27,28). The second-order valence-electron chi connectivity index (χ2n) is 7.48. The average Bonchev–Trinajstić information content (AvgIpc) is 2.84. The number of nitrogens with one attached hydrogen (secondary N) is 2. The summed E-state index contributed by atoms with van der Waals surface area (Å²) in [6, 6.07) is 7.00. The minimum absolute atomic E-state index is 0.0407. The Bertz CT molecular complexity index is 1080. The molecule has 1 atom stereocenters. The van der Waals surface area contributed by atoms with Crippen LogP contribution in [0.1, 0.15) is 25.3 Å². The van der Waals surface area contributed by atoms with Crippen molar-refractivity contribution in [3.63, 3.8) is 0 Å². The molecule has 0 saturated heterocycles. The topological polar surface area (TPSA) is 125 Å². The van der Waals surface area contributed by atoms with E-state index in [1.807, 2.05) is 6.19 Å². The molecule has 1 aliphatic heterocycles. The minimum Gasteiger partial charge on any atom is -0.466 e. The zero-order chi connectivity index (χ0) is 26.0. The number of benzene rings is 1. The highest BCUT2D eigenvalue weighted by atomic mass is 35.5. The van der Waals surface area contributed by atoms with Crippen LogP contribution in [0.25, 0.3) is 0 Å². The second kappa shape index (κ2) is 13.4. The number of nitriles is 1. The van der Waals surface area contributed by atoms with Crippen molar-refractivity contribution in [1.82, 2.24) is 15.5 Å². The van der Waals surface area contributed by atoms with Crippen LogP contribution in [0.15, 0.2) is 51.8 Å². The smallest absolute Gasteiger partial charge is 0.336 e. The first-order valence-electron chi connectivity index (χ1n) is 10.9. The Morgan fingerprint density at radius 1 is 1.29 bits per heavy atom. The number of halogens is 1. The van der Waals surface area contributed by atoms with Crippen LogP contribution >= 0.6 is 11.6 Å². The van der Waals surface area contributed by atoms with Crippen LogP contribution in [-0.4, -0.2) is 70.4 Å². The molecule has 0 spiro atoms. The van der Waals surface area contributed by atoms with E-state index in [4.69, 9.17) is 31.1 Å². The van der Waals surface area contributed by atoms with Crippen molar-refractivity contribution in [1.29, 1.82) is 5.26 Å². The van der Waals surface area contributed by atoms with Gasteiger partial charge < -0.3 is 24.4 Å². The SMILES string of the molecule is CCOC(=O)C1=C(COCCN(C)C(=NC)NC#N)NC(C)=C(C(=O)OC)C1c1ccccc1Cl. The van der Waals surface area contributed by atoms with Gasteiger partial charge in [0.1, 0.15) is 0 Å². The molecule has 10 nitrogen and oxygen atoms in total. The second-order valence-corrected chi connectivity index (χ2v) is 7.89. The van der Waals surface area contributed by atoms with Crippen LogP contribution < -0.4 is 10.6 Å². The summed E-state index contributed by atoms with van der Waals surface area (Å²) in [5.74, 6) is -1.58. The fourth-order valence-corrected chi connectivity index (χ4v) is 3.96. The van der Waals surface area contributed by atoms with Crippen molar-refractivity contribution in [3.05, 3.63) is 57.4 Å². The largest absolute Gasteiger partial charge is 0.466 e. The fraction of sp³-hybridized carbons (Fsp3) is 0.417. The van der Waals surface area contributed by atoms with Crippen LogP contribution in [0.5, 0.6) is 0 Å². The molecule has 0 saturated carbocycles. The lowest BCUT2D eigenvalue weighted by Gasteiger charge is -2.31. The molecule has 1 unspecified atom stereocenters. The number of carbonyl (C=O) groups excluding carboxylic acids is 2. The number of rotatable bonds is 9.